The van der Waals surface area contributed by atoms with E-state index >= 15 is 0 Å². The van der Waals surface area contributed by atoms with E-state index in [9.17, 15) is 4.79 Å². The Morgan fingerprint density at radius 1 is 1.48 bits per heavy atom. The molecule has 6 nitrogen and oxygen atoms in total. The van der Waals surface area contributed by atoms with E-state index in [1.807, 2.05) is 0 Å². The highest BCUT2D eigenvalue weighted by Gasteiger charge is 2.11. The second-order valence-electron chi connectivity index (χ2n) is 4.77. The fourth-order valence-corrected chi connectivity index (χ4v) is 2.36. The van der Waals surface area contributed by atoms with Gasteiger partial charge in [-0.05, 0) is 13.0 Å². The largest absolute Gasteiger partial charge is 0.379 e. The summed E-state index contributed by atoms with van der Waals surface area (Å²) < 4.78 is 6.52. The fourth-order valence-electron chi connectivity index (χ4n) is 2.17. The second kappa shape index (κ2) is 8.03. The number of nitrogens with one attached hydrogen (secondary N) is 1. The lowest BCUT2D eigenvalue weighted by atomic mass is 10.3. The topological polar surface area (TPSA) is 59.4 Å². The van der Waals surface area contributed by atoms with Crippen LogP contribution in [-0.2, 0) is 11.3 Å². The Hall–Kier alpha value is -1.55. The molecule has 1 aliphatic heterocycles. The van der Waals surface area contributed by atoms with Crippen LogP contribution in [-0.4, -0.2) is 54.1 Å². The van der Waals surface area contributed by atoms with Crippen molar-refractivity contribution < 1.29 is 4.74 Å². The van der Waals surface area contributed by atoms with E-state index in [-0.39, 0.29) is 12.1 Å². The van der Waals surface area contributed by atoms with E-state index < -0.39 is 0 Å². The first kappa shape index (κ1) is 15.8. The molecule has 1 aliphatic rings. The third kappa shape index (κ3) is 4.46. The fraction of sp³-hybridized carbons (Fsp3) is 0.571. The van der Waals surface area contributed by atoms with E-state index in [0.717, 1.165) is 39.3 Å². The highest BCUT2D eigenvalue weighted by molar-refractivity contribution is 6.32. The third-order valence-electron chi connectivity index (χ3n) is 3.30. The maximum Gasteiger partial charge on any atom is 0.292 e. The smallest absolute Gasteiger partial charge is 0.292 e. The minimum absolute atomic E-state index is 0.137. The first-order valence-corrected chi connectivity index (χ1v) is 7.33. The molecule has 0 amide bonds. The van der Waals surface area contributed by atoms with Gasteiger partial charge in [-0.15, -0.1) is 6.42 Å². The van der Waals surface area contributed by atoms with Crippen molar-refractivity contribution in [3.8, 4) is 12.3 Å². The van der Waals surface area contributed by atoms with Gasteiger partial charge in [0.1, 0.15) is 12.2 Å². The van der Waals surface area contributed by atoms with Crippen LogP contribution in [0.4, 0.5) is 5.69 Å². The molecule has 114 valence electrons. The van der Waals surface area contributed by atoms with Gasteiger partial charge < -0.3 is 10.1 Å². The lowest BCUT2D eigenvalue weighted by molar-refractivity contribution is 0.0378. The van der Waals surface area contributed by atoms with Gasteiger partial charge in [-0.25, -0.2) is 4.68 Å². The van der Waals surface area contributed by atoms with Crippen molar-refractivity contribution in [2.45, 2.75) is 13.0 Å². The number of hydrogen-bond acceptors (Lipinski definition) is 5. The van der Waals surface area contributed by atoms with Crippen LogP contribution in [0.3, 0.4) is 0 Å². The maximum atomic E-state index is 12.1. The van der Waals surface area contributed by atoms with Crippen molar-refractivity contribution in [1.29, 1.82) is 0 Å². The van der Waals surface area contributed by atoms with Gasteiger partial charge in [-0.2, -0.15) is 5.10 Å². The Kier molecular flexibility index (Phi) is 6.05. The quantitative estimate of drug-likeness (QED) is 0.618. The molecule has 2 heterocycles. The summed E-state index contributed by atoms with van der Waals surface area (Å²) in [4.78, 5) is 14.4. The molecular formula is C14H19ClN4O2. The van der Waals surface area contributed by atoms with Crippen LogP contribution in [0.1, 0.15) is 6.42 Å². The SMILES string of the molecule is C#CCn1ncc(Cl)c(NCCCN2CCOCC2)c1=O. The zero-order valence-electron chi connectivity index (χ0n) is 11.8. The van der Waals surface area contributed by atoms with E-state index in [2.05, 4.69) is 21.2 Å². The number of anilines is 1. The van der Waals surface area contributed by atoms with Gasteiger partial charge in [0.15, 0.2) is 0 Å². The number of hydrogen-bond donors (Lipinski definition) is 1. The molecule has 0 spiro atoms. The zero-order valence-corrected chi connectivity index (χ0v) is 12.6. The van der Waals surface area contributed by atoms with E-state index in [0.29, 0.717) is 17.3 Å². The van der Waals surface area contributed by atoms with Crippen LogP contribution in [0.15, 0.2) is 11.0 Å². The van der Waals surface area contributed by atoms with Gasteiger partial charge in [0.2, 0.25) is 0 Å². The Labute approximate surface area is 129 Å². The van der Waals surface area contributed by atoms with Crippen LogP contribution < -0.4 is 10.9 Å². The average molecular weight is 311 g/mol. The highest BCUT2D eigenvalue weighted by Crippen LogP contribution is 2.14. The molecule has 0 saturated carbocycles. The number of morpholine rings is 1. The lowest BCUT2D eigenvalue weighted by Gasteiger charge is -2.26. The second-order valence-corrected chi connectivity index (χ2v) is 5.18. The molecule has 0 unspecified atom stereocenters. The number of rotatable bonds is 6. The number of nitrogens with zero attached hydrogens (tertiary/aromatic N) is 3. The molecule has 7 heteroatoms. The number of halogens is 1. The number of ether oxygens (including phenoxy) is 1. The zero-order chi connectivity index (χ0) is 15.1. The summed E-state index contributed by atoms with van der Waals surface area (Å²) in [5.41, 5.74) is 0.0794. The summed E-state index contributed by atoms with van der Waals surface area (Å²) in [6, 6.07) is 0. The van der Waals surface area contributed by atoms with E-state index in [4.69, 9.17) is 22.8 Å². The van der Waals surface area contributed by atoms with Crippen molar-refractivity contribution in [1.82, 2.24) is 14.7 Å². The van der Waals surface area contributed by atoms with Crippen LogP contribution in [0.5, 0.6) is 0 Å². The number of terminal acetylenes is 1. The molecule has 0 aromatic carbocycles. The van der Waals surface area contributed by atoms with E-state index in [1.165, 1.54) is 10.9 Å². The number of aromatic nitrogens is 2. The molecule has 1 fully saturated rings. The van der Waals surface area contributed by atoms with Crippen LogP contribution >= 0.6 is 11.6 Å². The standard InChI is InChI=1S/C14H19ClN4O2/c1-2-5-19-14(20)13(12(15)11-17-19)16-4-3-6-18-7-9-21-10-8-18/h1,11,16H,3-10H2. The third-order valence-corrected chi connectivity index (χ3v) is 3.58. The van der Waals surface area contributed by atoms with Crippen LogP contribution in [0.25, 0.3) is 0 Å². The molecule has 0 bridgehead atoms. The normalized spacial score (nSPS) is 15.6. The Balaban J connectivity index is 1.86. The first-order chi connectivity index (χ1) is 10.2. The van der Waals surface area contributed by atoms with Gasteiger partial charge in [-0.3, -0.25) is 9.69 Å². The van der Waals surface area contributed by atoms with Gasteiger partial charge in [0.05, 0.1) is 24.4 Å². The average Bonchev–Trinajstić information content (AvgIpc) is 2.50. The van der Waals surface area contributed by atoms with Crippen molar-refractivity contribution in [2.24, 2.45) is 0 Å². The summed E-state index contributed by atoms with van der Waals surface area (Å²) in [5, 5.41) is 7.30. The molecule has 0 radical (unpaired) electrons. The molecule has 1 aromatic rings. The highest BCUT2D eigenvalue weighted by atomic mass is 35.5. The first-order valence-electron chi connectivity index (χ1n) is 6.95. The van der Waals surface area contributed by atoms with Gasteiger partial charge in [0.25, 0.3) is 5.56 Å². The molecule has 21 heavy (non-hydrogen) atoms. The summed E-state index contributed by atoms with van der Waals surface area (Å²) in [6.07, 6.45) is 7.56. The van der Waals surface area contributed by atoms with Gasteiger partial charge in [-0.1, -0.05) is 17.5 Å². The minimum atomic E-state index is -0.285. The molecule has 2 rings (SSSR count). The molecular weight excluding hydrogens is 292 g/mol. The van der Waals surface area contributed by atoms with Gasteiger partial charge >= 0.3 is 0 Å². The Morgan fingerprint density at radius 2 is 2.24 bits per heavy atom. The molecule has 1 saturated heterocycles. The summed E-state index contributed by atoms with van der Waals surface area (Å²) in [5.74, 6) is 2.39. The minimum Gasteiger partial charge on any atom is -0.379 e. The maximum absolute atomic E-state index is 12.1. The van der Waals surface area contributed by atoms with Crippen molar-refractivity contribution in [3.05, 3.63) is 21.6 Å². The summed E-state index contributed by atoms with van der Waals surface area (Å²) in [7, 11) is 0. The van der Waals surface area contributed by atoms with Crippen molar-refractivity contribution >= 4 is 17.3 Å². The Morgan fingerprint density at radius 3 is 2.95 bits per heavy atom. The monoisotopic (exact) mass is 310 g/mol. The predicted molar refractivity (Wildman–Crippen MR) is 82.7 cm³/mol. The Bertz CT molecular complexity index is 561. The van der Waals surface area contributed by atoms with Crippen molar-refractivity contribution in [2.75, 3.05) is 44.7 Å². The van der Waals surface area contributed by atoms with Gasteiger partial charge in [0, 0.05) is 19.6 Å². The summed E-state index contributed by atoms with van der Waals surface area (Å²) in [6.45, 7) is 5.29. The summed E-state index contributed by atoms with van der Waals surface area (Å²) >= 11 is 6.01. The predicted octanol–water partition coefficient (Wildman–Crippen LogP) is 0.664. The molecule has 1 N–H and O–H groups in total. The van der Waals surface area contributed by atoms with Crippen molar-refractivity contribution in [3.63, 3.8) is 0 Å². The van der Waals surface area contributed by atoms with Crippen LogP contribution in [0.2, 0.25) is 5.02 Å². The lowest BCUT2D eigenvalue weighted by Crippen LogP contribution is -2.37. The van der Waals surface area contributed by atoms with Crippen LogP contribution in [0, 0.1) is 12.3 Å². The molecule has 0 aliphatic carbocycles. The molecule has 0 atom stereocenters. The molecule has 1 aromatic heterocycles. The van der Waals surface area contributed by atoms with E-state index in [1.54, 1.807) is 0 Å².